The van der Waals surface area contributed by atoms with Crippen LogP contribution in [-0.2, 0) is 4.79 Å². The molecular formula is C15H19NO. The van der Waals surface area contributed by atoms with Crippen molar-refractivity contribution in [2.24, 2.45) is 5.41 Å². The average Bonchev–Trinajstić information content (AvgIpc) is 2.24. The van der Waals surface area contributed by atoms with E-state index in [0.29, 0.717) is 0 Å². The van der Waals surface area contributed by atoms with Gasteiger partial charge in [0.25, 0.3) is 0 Å². The fourth-order valence-corrected chi connectivity index (χ4v) is 1.30. The Bertz CT molecular complexity index is 472. The highest BCUT2D eigenvalue weighted by molar-refractivity contribution is 5.92. The van der Waals surface area contributed by atoms with Gasteiger partial charge in [-0.05, 0) is 32.9 Å². The number of amides is 1. The summed E-state index contributed by atoms with van der Waals surface area (Å²) in [5.41, 5.74) is 1.71. The zero-order chi connectivity index (χ0) is 13.1. The Kier molecular flexibility index (Phi) is 3.96. The number of hydrogen-bond donors (Lipinski definition) is 0. The molecule has 2 heteroatoms. The van der Waals surface area contributed by atoms with Crippen molar-refractivity contribution in [3.8, 4) is 11.8 Å². The van der Waals surface area contributed by atoms with Crippen LogP contribution in [0.4, 0.5) is 5.69 Å². The van der Waals surface area contributed by atoms with Crippen molar-refractivity contribution in [2.45, 2.75) is 27.7 Å². The summed E-state index contributed by atoms with van der Waals surface area (Å²) in [6.07, 6.45) is 0. The first-order valence-corrected chi connectivity index (χ1v) is 5.68. The topological polar surface area (TPSA) is 20.3 Å². The SMILES string of the molecule is CC(=O)N(C)c1ccccc1C#CC(C)(C)C. The second kappa shape index (κ2) is 5.05. The van der Waals surface area contributed by atoms with E-state index in [1.807, 2.05) is 24.3 Å². The van der Waals surface area contributed by atoms with E-state index in [1.165, 1.54) is 0 Å². The van der Waals surface area contributed by atoms with Gasteiger partial charge >= 0.3 is 0 Å². The minimum absolute atomic E-state index is 0.00927. The summed E-state index contributed by atoms with van der Waals surface area (Å²) in [5, 5.41) is 0. The molecule has 1 rings (SSSR count). The normalized spacial score (nSPS) is 10.4. The van der Waals surface area contributed by atoms with E-state index in [9.17, 15) is 4.79 Å². The average molecular weight is 229 g/mol. The number of rotatable bonds is 1. The number of benzene rings is 1. The minimum Gasteiger partial charge on any atom is -0.315 e. The van der Waals surface area contributed by atoms with Gasteiger partial charge in [-0.2, -0.15) is 0 Å². The van der Waals surface area contributed by atoms with Gasteiger partial charge in [0.15, 0.2) is 0 Å². The van der Waals surface area contributed by atoms with Crippen molar-refractivity contribution >= 4 is 11.6 Å². The summed E-state index contributed by atoms with van der Waals surface area (Å²) in [5.74, 6) is 6.34. The number of nitrogens with zero attached hydrogens (tertiary/aromatic N) is 1. The highest BCUT2D eigenvalue weighted by atomic mass is 16.2. The van der Waals surface area contributed by atoms with E-state index in [2.05, 4.69) is 32.6 Å². The monoisotopic (exact) mass is 229 g/mol. The number of carbonyl (C=O) groups is 1. The van der Waals surface area contributed by atoms with E-state index in [1.54, 1.807) is 18.9 Å². The first-order valence-electron chi connectivity index (χ1n) is 5.68. The molecule has 0 bridgehead atoms. The Hall–Kier alpha value is -1.75. The van der Waals surface area contributed by atoms with Gasteiger partial charge in [-0.15, -0.1) is 0 Å². The van der Waals surface area contributed by atoms with Crippen molar-refractivity contribution in [1.82, 2.24) is 0 Å². The zero-order valence-corrected chi connectivity index (χ0v) is 11.2. The van der Waals surface area contributed by atoms with Crippen LogP contribution in [0.5, 0.6) is 0 Å². The van der Waals surface area contributed by atoms with Crippen molar-refractivity contribution in [2.75, 3.05) is 11.9 Å². The summed E-state index contributed by atoms with van der Waals surface area (Å²) >= 11 is 0. The molecule has 0 aliphatic carbocycles. The number of anilines is 1. The number of carbonyl (C=O) groups excluding carboxylic acids is 1. The standard InChI is InChI=1S/C15H19NO/c1-12(17)16(5)14-9-7-6-8-13(14)10-11-15(2,3)4/h6-9H,1-5H3. The van der Waals surface area contributed by atoms with Crippen molar-refractivity contribution in [3.63, 3.8) is 0 Å². The fraction of sp³-hybridized carbons (Fsp3) is 0.400. The van der Waals surface area contributed by atoms with Crippen LogP contribution in [0.1, 0.15) is 33.3 Å². The van der Waals surface area contributed by atoms with Crippen LogP contribution in [0, 0.1) is 17.3 Å². The molecule has 0 spiro atoms. The van der Waals surface area contributed by atoms with Crippen LogP contribution in [0.3, 0.4) is 0 Å². The predicted octanol–water partition coefficient (Wildman–Crippen LogP) is 3.07. The van der Waals surface area contributed by atoms with Gasteiger partial charge in [-0.3, -0.25) is 4.79 Å². The highest BCUT2D eigenvalue weighted by Crippen LogP contribution is 2.19. The molecular weight excluding hydrogens is 210 g/mol. The molecule has 0 fully saturated rings. The Morgan fingerprint density at radius 1 is 1.24 bits per heavy atom. The molecule has 2 nitrogen and oxygen atoms in total. The number of hydrogen-bond acceptors (Lipinski definition) is 1. The Morgan fingerprint density at radius 2 is 1.82 bits per heavy atom. The van der Waals surface area contributed by atoms with E-state index in [-0.39, 0.29) is 11.3 Å². The Balaban J connectivity index is 3.16. The molecule has 0 heterocycles. The lowest BCUT2D eigenvalue weighted by molar-refractivity contribution is -0.116. The first-order chi connectivity index (χ1) is 7.81. The summed E-state index contributed by atoms with van der Waals surface area (Å²) in [4.78, 5) is 13.0. The summed E-state index contributed by atoms with van der Waals surface area (Å²) in [7, 11) is 1.76. The van der Waals surface area contributed by atoms with Crippen LogP contribution < -0.4 is 4.90 Å². The third-order valence-electron chi connectivity index (χ3n) is 2.31. The Labute approximate surface area is 104 Å². The molecule has 17 heavy (non-hydrogen) atoms. The summed E-state index contributed by atoms with van der Waals surface area (Å²) < 4.78 is 0. The van der Waals surface area contributed by atoms with Crippen LogP contribution in [0.2, 0.25) is 0 Å². The number of para-hydroxylation sites is 1. The lowest BCUT2D eigenvalue weighted by atomic mass is 9.97. The first kappa shape index (κ1) is 13.3. The molecule has 0 unspecified atom stereocenters. The lowest BCUT2D eigenvalue weighted by Crippen LogP contribution is -2.23. The van der Waals surface area contributed by atoms with Crippen LogP contribution in [0.25, 0.3) is 0 Å². The van der Waals surface area contributed by atoms with Crippen LogP contribution in [0.15, 0.2) is 24.3 Å². The molecule has 0 saturated carbocycles. The molecule has 1 aromatic rings. The van der Waals surface area contributed by atoms with Gasteiger partial charge in [0.2, 0.25) is 5.91 Å². The molecule has 0 aliphatic rings. The van der Waals surface area contributed by atoms with Gasteiger partial charge in [0, 0.05) is 24.9 Å². The van der Waals surface area contributed by atoms with Crippen LogP contribution >= 0.6 is 0 Å². The fourth-order valence-electron chi connectivity index (χ4n) is 1.30. The third-order valence-corrected chi connectivity index (χ3v) is 2.31. The Morgan fingerprint density at radius 3 is 2.35 bits per heavy atom. The molecule has 0 aromatic heterocycles. The molecule has 0 radical (unpaired) electrons. The van der Waals surface area contributed by atoms with Gasteiger partial charge < -0.3 is 4.90 Å². The highest BCUT2D eigenvalue weighted by Gasteiger charge is 2.09. The van der Waals surface area contributed by atoms with Crippen molar-refractivity contribution < 1.29 is 4.79 Å². The largest absolute Gasteiger partial charge is 0.315 e. The quantitative estimate of drug-likeness (QED) is 0.678. The maximum absolute atomic E-state index is 11.4. The van der Waals surface area contributed by atoms with E-state index >= 15 is 0 Å². The molecule has 0 aliphatic heterocycles. The molecule has 90 valence electrons. The third kappa shape index (κ3) is 3.96. The lowest BCUT2D eigenvalue weighted by Gasteiger charge is -2.17. The second-order valence-electron chi connectivity index (χ2n) is 5.10. The zero-order valence-electron chi connectivity index (χ0n) is 11.2. The van der Waals surface area contributed by atoms with Gasteiger partial charge in [0.1, 0.15) is 0 Å². The van der Waals surface area contributed by atoms with E-state index < -0.39 is 0 Å². The smallest absolute Gasteiger partial charge is 0.223 e. The van der Waals surface area contributed by atoms with Gasteiger partial charge in [-0.25, -0.2) is 0 Å². The molecule has 1 amide bonds. The molecule has 0 atom stereocenters. The summed E-state index contributed by atoms with van der Waals surface area (Å²) in [6.45, 7) is 7.75. The maximum atomic E-state index is 11.4. The second-order valence-corrected chi connectivity index (χ2v) is 5.10. The van der Waals surface area contributed by atoms with Gasteiger partial charge in [-0.1, -0.05) is 24.0 Å². The van der Waals surface area contributed by atoms with Crippen LogP contribution in [-0.4, -0.2) is 13.0 Å². The summed E-state index contributed by atoms with van der Waals surface area (Å²) in [6, 6.07) is 7.70. The molecule has 1 aromatic carbocycles. The minimum atomic E-state index is -0.0398. The van der Waals surface area contributed by atoms with Crippen molar-refractivity contribution in [1.29, 1.82) is 0 Å². The van der Waals surface area contributed by atoms with E-state index in [0.717, 1.165) is 11.3 Å². The maximum Gasteiger partial charge on any atom is 0.223 e. The molecule has 0 N–H and O–H groups in total. The molecule has 0 saturated heterocycles. The van der Waals surface area contributed by atoms with Crippen molar-refractivity contribution in [3.05, 3.63) is 29.8 Å². The predicted molar refractivity (Wildman–Crippen MR) is 71.9 cm³/mol. The van der Waals surface area contributed by atoms with E-state index in [4.69, 9.17) is 0 Å². The van der Waals surface area contributed by atoms with Gasteiger partial charge in [0.05, 0.1) is 5.69 Å².